The Kier molecular flexibility index (Phi) is 3.98. The normalized spacial score (nSPS) is 25.7. The molecule has 0 aromatic carbocycles. The predicted octanol–water partition coefficient (Wildman–Crippen LogP) is 2.58. The number of hydrogen-bond acceptors (Lipinski definition) is 2. The average molecular weight is 225 g/mol. The van der Waals surface area contributed by atoms with E-state index in [1.807, 2.05) is 12.3 Å². The Labute approximate surface area is 96.1 Å². The van der Waals surface area contributed by atoms with Crippen LogP contribution in [0, 0.1) is 5.92 Å². The molecule has 2 nitrogen and oxygen atoms in total. The number of aromatic nitrogens is 1. The van der Waals surface area contributed by atoms with E-state index in [2.05, 4.69) is 16.4 Å². The lowest BCUT2D eigenvalue weighted by molar-refractivity contribution is 0.493. The summed E-state index contributed by atoms with van der Waals surface area (Å²) in [6, 6.07) is 4.06. The Balaban J connectivity index is 1.71. The molecule has 1 aliphatic carbocycles. The molecule has 1 N–H and O–H groups in total. The highest BCUT2D eigenvalue weighted by Crippen LogP contribution is 2.29. The van der Waals surface area contributed by atoms with Crippen molar-refractivity contribution in [2.24, 2.45) is 5.92 Å². The van der Waals surface area contributed by atoms with Gasteiger partial charge >= 0.3 is 0 Å². The molecule has 2 rings (SSSR count). The van der Waals surface area contributed by atoms with Gasteiger partial charge in [0.25, 0.3) is 0 Å². The molecule has 1 aliphatic rings. The first-order chi connectivity index (χ1) is 7.36. The third-order valence-electron chi connectivity index (χ3n) is 3.02. The standard InChI is InChI=1S/C12H17ClN2/c13-12-5-1-4-11(12)9-15-8-10-3-2-6-14-7-10/h2-3,6-7,11-12,15H,1,4-5,8-9H2. The third-order valence-corrected chi connectivity index (χ3v) is 3.60. The highest BCUT2D eigenvalue weighted by atomic mass is 35.5. The highest BCUT2D eigenvalue weighted by Gasteiger charge is 2.24. The van der Waals surface area contributed by atoms with Gasteiger partial charge in [-0.15, -0.1) is 11.6 Å². The van der Waals surface area contributed by atoms with Crippen LogP contribution in [-0.2, 0) is 6.54 Å². The van der Waals surface area contributed by atoms with Crippen LogP contribution < -0.4 is 5.32 Å². The summed E-state index contributed by atoms with van der Waals surface area (Å²) in [5.41, 5.74) is 1.24. The fraction of sp³-hybridized carbons (Fsp3) is 0.583. The maximum atomic E-state index is 6.21. The van der Waals surface area contributed by atoms with Crippen LogP contribution in [-0.4, -0.2) is 16.9 Å². The summed E-state index contributed by atoms with van der Waals surface area (Å²) in [6.07, 6.45) is 7.44. The lowest BCUT2D eigenvalue weighted by Gasteiger charge is -2.14. The van der Waals surface area contributed by atoms with Crippen LogP contribution in [0.25, 0.3) is 0 Å². The van der Waals surface area contributed by atoms with Crippen LogP contribution in [0.1, 0.15) is 24.8 Å². The molecule has 0 saturated heterocycles. The molecule has 1 saturated carbocycles. The van der Waals surface area contributed by atoms with Crippen molar-refractivity contribution in [1.29, 1.82) is 0 Å². The Morgan fingerprint density at radius 1 is 1.47 bits per heavy atom. The maximum absolute atomic E-state index is 6.21. The lowest BCUT2D eigenvalue weighted by atomic mass is 10.1. The van der Waals surface area contributed by atoms with E-state index in [1.165, 1.54) is 24.8 Å². The van der Waals surface area contributed by atoms with Crippen LogP contribution in [0.15, 0.2) is 24.5 Å². The van der Waals surface area contributed by atoms with Gasteiger partial charge in [-0.05, 0) is 36.9 Å². The van der Waals surface area contributed by atoms with Gasteiger partial charge in [0.05, 0.1) is 0 Å². The molecule has 15 heavy (non-hydrogen) atoms. The molecule has 2 atom stereocenters. The van der Waals surface area contributed by atoms with Gasteiger partial charge in [0.1, 0.15) is 0 Å². The third kappa shape index (κ3) is 3.18. The van der Waals surface area contributed by atoms with E-state index in [4.69, 9.17) is 11.6 Å². The molecule has 1 aromatic heterocycles. The minimum Gasteiger partial charge on any atom is -0.312 e. The van der Waals surface area contributed by atoms with Crippen molar-refractivity contribution >= 4 is 11.6 Å². The van der Waals surface area contributed by atoms with E-state index in [0.717, 1.165) is 13.1 Å². The average Bonchev–Trinajstić information content (AvgIpc) is 2.66. The summed E-state index contributed by atoms with van der Waals surface area (Å²) in [5, 5.41) is 3.83. The molecule has 1 heterocycles. The minimum atomic E-state index is 0.381. The molecule has 1 aromatic rings. The fourth-order valence-corrected chi connectivity index (χ4v) is 2.50. The largest absolute Gasteiger partial charge is 0.312 e. The minimum absolute atomic E-state index is 0.381. The van der Waals surface area contributed by atoms with Crippen molar-refractivity contribution in [3.63, 3.8) is 0 Å². The summed E-state index contributed by atoms with van der Waals surface area (Å²) in [5.74, 6) is 0.656. The predicted molar refractivity (Wildman–Crippen MR) is 62.9 cm³/mol. The van der Waals surface area contributed by atoms with Crippen molar-refractivity contribution in [1.82, 2.24) is 10.3 Å². The lowest BCUT2D eigenvalue weighted by Crippen LogP contribution is -2.25. The molecule has 1 fully saturated rings. The first kappa shape index (κ1) is 10.9. The maximum Gasteiger partial charge on any atom is 0.0376 e. The molecular formula is C12H17ClN2. The summed E-state index contributed by atoms with van der Waals surface area (Å²) < 4.78 is 0. The second kappa shape index (κ2) is 5.47. The zero-order valence-corrected chi connectivity index (χ0v) is 9.58. The van der Waals surface area contributed by atoms with Crippen molar-refractivity contribution in [2.45, 2.75) is 31.2 Å². The molecule has 0 amide bonds. The SMILES string of the molecule is ClC1CCCC1CNCc1cccnc1. The van der Waals surface area contributed by atoms with Gasteiger partial charge in [-0.3, -0.25) is 4.98 Å². The van der Waals surface area contributed by atoms with Crippen LogP contribution in [0.5, 0.6) is 0 Å². The summed E-state index contributed by atoms with van der Waals surface area (Å²) >= 11 is 6.21. The summed E-state index contributed by atoms with van der Waals surface area (Å²) in [6.45, 7) is 1.93. The fourth-order valence-electron chi connectivity index (χ4n) is 2.13. The molecule has 82 valence electrons. The molecule has 0 radical (unpaired) electrons. The van der Waals surface area contributed by atoms with E-state index in [-0.39, 0.29) is 0 Å². The van der Waals surface area contributed by atoms with Crippen LogP contribution in [0.4, 0.5) is 0 Å². The number of rotatable bonds is 4. The number of halogens is 1. The number of hydrogen-bond donors (Lipinski definition) is 1. The van der Waals surface area contributed by atoms with E-state index in [9.17, 15) is 0 Å². The Morgan fingerprint density at radius 2 is 2.40 bits per heavy atom. The Morgan fingerprint density at radius 3 is 3.07 bits per heavy atom. The van der Waals surface area contributed by atoms with Crippen LogP contribution in [0.3, 0.4) is 0 Å². The monoisotopic (exact) mass is 224 g/mol. The van der Waals surface area contributed by atoms with E-state index in [0.29, 0.717) is 11.3 Å². The van der Waals surface area contributed by atoms with Gasteiger partial charge in [0, 0.05) is 24.3 Å². The van der Waals surface area contributed by atoms with Crippen LogP contribution in [0.2, 0.25) is 0 Å². The van der Waals surface area contributed by atoms with E-state index in [1.54, 1.807) is 6.20 Å². The van der Waals surface area contributed by atoms with Crippen molar-refractivity contribution in [3.8, 4) is 0 Å². The summed E-state index contributed by atoms with van der Waals surface area (Å²) in [7, 11) is 0. The molecular weight excluding hydrogens is 208 g/mol. The number of nitrogens with zero attached hydrogens (tertiary/aromatic N) is 1. The molecule has 0 bridgehead atoms. The second-order valence-electron chi connectivity index (χ2n) is 4.20. The zero-order chi connectivity index (χ0) is 10.5. The van der Waals surface area contributed by atoms with E-state index >= 15 is 0 Å². The molecule has 2 unspecified atom stereocenters. The number of nitrogens with one attached hydrogen (secondary N) is 1. The topological polar surface area (TPSA) is 24.9 Å². The van der Waals surface area contributed by atoms with Gasteiger partial charge in [0.2, 0.25) is 0 Å². The van der Waals surface area contributed by atoms with Crippen LogP contribution >= 0.6 is 11.6 Å². The molecule has 0 spiro atoms. The Hall–Kier alpha value is -0.600. The van der Waals surface area contributed by atoms with Crippen molar-refractivity contribution in [2.75, 3.05) is 6.54 Å². The first-order valence-electron chi connectivity index (χ1n) is 5.60. The quantitative estimate of drug-likeness (QED) is 0.796. The molecule has 0 aliphatic heterocycles. The highest BCUT2D eigenvalue weighted by molar-refractivity contribution is 6.20. The van der Waals surface area contributed by atoms with Gasteiger partial charge in [-0.1, -0.05) is 12.5 Å². The van der Waals surface area contributed by atoms with Gasteiger partial charge < -0.3 is 5.32 Å². The van der Waals surface area contributed by atoms with E-state index < -0.39 is 0 Å². The van der Waals surface area contributed by atoms with Crippen molar-refractivity contribution < 1.29 is 0 Å². The van der Waals surface area contributed by atoms with Crippen molar-refractivity contribution in [3.05, 3.63) is 30.1 Å². The van der Waals surface area contributed by atoms with Gasteiger partial charge in [-0.25, -0.2) is 0 Å². The smallest absolute Gasteiger partial charge is 0.0376 e. The second-order valence-corrected chi connectivity index (χ2v) is 4.76. The Bertz CT molecular complexity index is 289. The van der Waals surface area contributed by atoms with Gasteiger partial charge in [0.15, 0.2) is 0 Å². The molecule has 3 heteroatoms. The zero-order valence-electron chi connectivity index (χ0n) is 8.82. The number of pyridine rings is 1. The van der Waals surface area contributed by atoms with Gasteiger partial charge in [-0.2, -0.15) is 0 Å². The summed E-state index contributed by atoms with van der Waals surface area (Å²) in [4.78, 5) is 4.08. The number of alkyl halides is 1. The first-order valence-corrected chi connectivity index (χ1v) is 6.03.